The van der Waals surface area contributed by atoms with Gasteiger partial charge in [0.05, 0.1) is 4.47 Å². The molecule has 2 aromatic carbocycles. The van der Waals surface area contributed by atoms with Gasteiger partial charge in [0.1, 0.15) is 28.8 Å². The van der Waals surface area contributed by atoms with Gasteiger partial charge in [-0.15, -0.1) is 11.3 Å². The summed E-state index contributed by atoms with van der Waals surface area (Å²) in [4.78, 5) is 4.68. The molecule has 1 fully saturated rings. The van der Waals surface area contributed by atoms with E-state index in [0.717, 1.165) is 30.5 Å². The van der Waals surface area contributed by atoms with Crippen molar-refractivity contribution in [2.75, 3.05) is 13.1 Å². The smallest absolute Gasteiger partial charge is 0.239 e. The molecular formula is C20H16BrF2N2O3S2. The third kappa shape index (κ3) is 4.27. The monoisotopic (exact) mass is 513 g/mol. The summed E-state index contributed by atoms with van der Waals surface area (Å²) in [6.07, 6.45) is 2.77. The van der Waals surface area contributed by atoms with E-state index in [-0.39, 0.29) is 16.3 Å². The number of thiazole rings is 1. The van der Waals surface area contributed by atoms with Gasteiger partial charge in [0.25, 0.3) is 0 Å². The summed E-state index contributed by atoms with van der Waals surface area (Å²) in [7, 11) is -4.43. The fourth-order valence-electron chi connectivity index (χ4n) is 3.34. The largest absolute Gasteiger partial charge is 0.488 e. The number of rotatable bonds is 6. The highest BCUT2D eigenvalue weighted by Gasteiger charge is 2.33. The topological polar surface area (TPSA) is 59.5 Å². The van der Waals surface area contributed by atoms with Crippen LogP contribution in [0.1, 0.15) is 12.0 Å². The predicted octanol–water partition coefficient (Wildman–Crippen LogP) is 4.47. The second-order valence-electron chi connectivity index (χ2n) is 6.81. The lowest BCUT2D eigenvalue weighted by atomic mass is 10.2. The molecule has 1 aliphatic rings. The first-order chi connectivity index (χ1) is 14.4. The summed E-state index contributed by atoms with van der Waals surface area (Å²) in [6, 6.07) is 10.9. The zero-order valence-corrected chi connectivity index (χ0v) is 18.7. The average Bonchev–Trinajstić information content (AvgIpc) is 3.39. The van der Waals surface area contributed by atoms with Crippen LogP contribution in [0.25, 0.3) is 0 Å². The van der Waals surface area contributed by atoms with Crippen molar-refractivity contribution in [3.63, 3.8) is 0 Å². The van der Waals surface area contributed by atoms with Crippen LogP contribution in [0.3, 0.4) is 0 Å². The van der Waals surface area contributed by atoms with Gasteiger partial charge in [-0.25, -0.2) is 22.2 Å². The predicted molar refractivity (Wildman–Crippen MR) is 111 cm³/mol. The lowest BCUT2D eigenvalue weighted by molar-refractivity contribution is 0.195. The lowest BCUT2D eigenvalue weighted by Gasteiger charge is -2.18. The number of aromatic nitrogens is 1. The average molecular weight is 514 g/mol. The van der Waals surface area contributed by atoms with Crippen molar-refractivity contribution in [1.29, 1.82) is 0 Å². The van der Waals surface area contributed by atoms with Crippen LogP contribution in [0, 0.1) is 17.8 Å². The van der Waals surface area contributed by atoms with Crippen LogP contribution < -0.4 is 4.74 Å². The summed E-state index contributed by atoms with van der Waals surface area (Å²) in [5, 5.41) is 1.30. The van der Waals surface area contributed by atoms with Crippen molar-refractivity contribution in [3.8, 4) is 5.75 Å². The van der Waals surface area contributed by atoms with Crippen molar-refractivity contribution in [2.45, 2.75) is 28.3 Å². The highest BCUT2D eigenvalue weighted by molar-refractivity contribution is 9.10. The summed E-state index contributed by atoms with van der Waals surface area (Å²) in [5.41, 5.74) is 1.17. The molecule has 3 aromatic rings. The molecular weight excluding hydrogens is 498 g/mol. The maximum absolute atomic E-state index is 14.9. The first-order valence-electron chi connectivity index (χ1n) is 9.03. The van der Waals surface area contributed by atoms with Gasteiger partial charge in [0.15, 0.2) is 5.82 Å². The Hall–Kier alpha value is -1.88. The number of likely N-dealkylation sites (tertiary alicyclic amines) is 1. The number of nitrogens with zero attached hydrogens (tertiary/aromatic N) is 2. The Morgan fingerprint density at radius 2 is 2.07 bits per heavy atom. The molecule has 0 N–H and O–H groups in total. The summed E-state index contributed by atoms with van der Waals surface area (Å²) in [5.74, 6) is -2.53. The zero-order chi connectivity index (χ0) is 21.3. The van der Waals surface area contributed by atoms with Gasteiger partial charge in [-0.1, -0.05) is 30.3 Å². The molecule has 4 rings (SSSR count). The van der Waals surface area contributed by atoms with E-state index in [2.05, 4.69) is 32.0 Å². The molecule has 10 heteroatoms. The number of ether oxygens (including phenoxy) is 1. The summed E-state index contributed by atoms with van der Waals surface area (Å²) < 4.78 is 59.7. The van der Waals surface area contributed by atoms with Crippen LogP contribution in [0.4, 0.5) is 8.78 Å². The lowest BCUT2D eigenvalue weighted by Crippen LogP contribution is -2.24. The zero-order valence-electron chi connectivity index (χ0n) is 15.5. The van der Waals surface area contributed by atoms with Gasteiger partial charge in [0.2, 0.25) is 14.2 Å². The highest BCUT2D eigenvalue weighted by Crippen LogP contribution is 2.38. The third-order valence-corrected chi connectivity index (χ3v) is 8.39. The van der Waals surface area contributed by atoms with E-state index in [1.54, 1.807) is 0 Å². The van der Waals surface area contributed by atoms with Crippen LogP contribution in [0.5, 0.6) is 5.75 Å². The van der Waals surface area contributed by atoms with E-state index in [9.17, 15) is 17.2 Å². The Bertz CT molecular complexity index is 1140. The van der Waals surface area contributed by atoms with E-state index in [1.165, 1.54) is 10.9 Å². The first kappa shape index (κ1) is 21.4. The Morgan fingerprint density at radius 3 is 2.77 bits per heavy atom. The van der Waals surface area contributed by atoms with Gasteiger partial charge in [-0.2, -0.15) is 0 Å². The minimum atomic E-state index is -4.43. The molecule has 1 radical (unpaired) electrons. The number of benzene rings is 2. The van der Waals surface area contributed by atoms with Gasteiger partial charge in [-0.3, -0.25) is 4.90 Å². The molecule has 2 heterocycles. The number of hydrogen-bond acceptors (Lipinski definition) is 6. The van der Waals surface area contributed by atoms with Crippen LogP contribution in [0.2, 0.25) is 0 Å². The van der Waals surface area contributed by atoms with E-state index in [4.69, 9.17) is 4.74 Å². The van der Waals surface area contributed by atoms with E-state index in [1.807, 2.05) is 30.3 Å². The number of halogens is 3. The molecule has 0 saturated carbocycles. The molecule has 1 aliphatic heterocycles. The minimum Gasteiger partial charge on any atom is -0.488 e. The highest BCUT2D eigenvalue weighted by atomic mass is 79.9. The SMILES string of the molecule is O=S(=O)(c1n[c]cs1)c1c(F)cc(O[C@H]2CCN(Cc3ccccc3)C2)c(Br)c1F. The number of sulfone groups is 1. The summed E-state index contributed by atoms with van der Waals surface area (Å²) in [6.45, 7) is 2.14. The van der Waals surface area contributed by atoms with Gasteiger partial charge < -0.3 is 4.74 Å². The fourth-order valence-corrected chi connectivity index (χ4v) is 6.09. The van der Waals surface area contributed by atoms with Gasteiger partial charge >= 0.3 is 0 Å². The molecule has 0 unspecified atom stereocenters. The Kier molecular flexibility index (Phi) is 6.19. The van der Waals surface area contributed by atoms with Gasteiger partial charge in [0, 0.05) is 31.1 Å². The summed E-state index contributed by atoms with van der Waals surface area (Å²) >= 11 is 3.77. The third-order valence-electron chi connectivity index (χ3n) is 4.72. The first-order valence-corrected chi connectivity index (χ1v) is 12.2. The molecule has 1 saturated heterocycles. The van der Waals surface area contributed by atoms with E-state index < -0.39 is 30.7 Å². The van der Waals surface area contributed by atoms with Crippen molar-refractivity contribution in [3.05, 3.63) is 69.6 Å². The van der Waals surface area contributed by atoms with Gasteiger partial charge in [-0.05, 0) is 27.9 Å². The van der Waals surface area contributed by atoms with Crippen molar-refractivity contribution in [2.24, 2.45) is 0 Å². The van der Waals surface area contributed by atoms with Crippen molar-refractivity contribution >= 4 is 37.1 Å². The Labute approximate surface area is 185 Å². The van der Waals surface area contributed by atoms with Crippen LogP contribution >= 0.6 is 27.3 Å². The maximum atomic E-state index is 14.9. The van der Waals surface area contributed by atoms with Crippen LogP contribution in [-0.2, 0) is 16.4 Å². The molecule has 1 aromatic heterocycles. The molecule has 0 spiro atoms. The van der Waals surface area contributed by atoms with Crippen molar-refractivity contribution < 1.29 is 21.9 Å². The minimum absolute atomic E-state index is 0.0683. The molecule has 5 nitrogen and oxygen atoms in total. The normalized spacial score (nSPS) is 17.4. The van der Waals surface area contributed by atoms with Crippen LogP contribution in [-0.4, -0.2) is 37.5 Å². The molecule has 0 aliphatic carbocycles. The molecule has 1 atom stereocenters. The Balaban J connectivity index is 1.52. The standard InChI is InChI=1S/C20H16BrF2N2O3S2/c21-17-16(28-14-6-8-25(12-14)11-13-4-2-1-3-5-13)10-15(22)19(18(17)23)30(26,27)20-24-7-9-29-20/h1-5,9-10,14H,6,8,11-12H2/t14-/m0/s1. The second-order valence-corrected chi connectivity index (χ2v) is 10.5. The number of hydrogen-bond donors (Lipinski definition) is 0. The maximum Gasteiger partial charge on any atom is 0.239 e. The fraction of sp³-hybridized carbons (Fsp3) is 0.250. The Morgan fingerprint density at radius 1 is 1.30 bits per heavy atom. The molecule has 0 bridgehead atoms. The van der Waals surface area contributed by atoms with Crippen LogP contribution in [0.15, 0.2) is 55.5 Å². The molecule has 30 heavy (non-hydrogen) atoms. The second kappa shape index (κ2) is 8.70. The van der Waals surface area contributed by atoms with E-state index in [0.29, 0.717) is 13.0 Å². The van der Waals surface area contributed by atoms with E-state index >= 15 is 0 Å². The molecule has 157 valence electrons. The molecule has 0 amide bonds. The van der Waals surface area contributed by atoms with Crippen molar-refractivity contribution in [1.82, 2.24) is 9.88 Å². The quantitative estimate of drug-likeness (QED) is 0.455.